The zero-order chi connectivity index (χ0) is 35.2. The summed E-state index contributed by atoms with van der Waals surface area (Å²) in [5, 5.41) is 46.9. The first-order valence-electron chi connectivity index (χ1n) is 14.9. The van der Waals surface area contributed by atoms with E-state index < -0.39 is 60.1 Å². The Kier molecular flexibility index (Phi) is 17.6. The lowest BCUT2D eigenvalue weighted by molar-refractivity contribution is -0.123. The van der Waals surface area contributed by atoms with E-state index in [2.05, 4.69) is 113 Å². The SMILES string of the molecule is CC(C)C(C(C)(C)c1ccccc1)C(O)(c1ccccc1)C(C)(C)c1ccccc1.OCC(CO)(CO)CO.OP(O)OP(O)O. The highest BCUT2D eigenvalue weighted by Crippen LogP contribution is 2.55. The summed E-state index contributed by atoms with van der Waals surface area (Å²) in [5.41, 5.74) is 0.431. The third-order valence-corrected chi connectivity index (χ3v) is 9.73. The van der Waals surface area contributed by atoms with Crippen LogP contribution in [0.4, 0.5) is 0 Å². The van der Waals surface area contributed by atoms with E-state index in [-0.39, 0.29) is 17.3 Å². The minimum absolute atomic E-state index is 0.0231. The van der Waals surface area contributed by atoms with Crippen molar-refractivity contribution in [1.82, 2.24) is 0 Å². The second-order valence-electron chi connectivity index (χ2n) is 12.7. The Bertz CT molecular complexity index is 1200. The molecule has 0 aromatic heterocycles. The largest absolute Gasteiger partial charge is 0.396 e. The van der Waals surface area contributed by atoms with E-state index in [0.717, 1.165) is 11.1 Å². The monoisotopic (exact) mass is 682 g/mol. The molecule has 10 nitrogen and oxygen atoms in total. The molecule has 0 amide bonds. The van der Waals surface area contributed by atoms with Crippen molar-refractivity contribution in [2.45, 2.75) is 58.0 Å². The maximum Gasteiger partial charge on any atom is 0.334 e. The first-order chi connectivity index (χ1) is 21.5. The molecule has 0 aliphatic rings. The maximum atomic E-state index is 12.9. The van der Waals surface area contributed by atoms with E-state index in [4.69, 9.17) is 40.0 Å². The molecule has 0 spiro atoms. The van der Waals surface area contributed by atoms with Crippen LogP contribution in [0.1, 0.15) is 58.2 Å². The van der Waals surface area contributed by atoms with Crippen LogP contribution >= 0.6 is 17.2 Å². The lowest BCUT2D eigenvalue weighted by Gasteiger charge is -2.55. The van der Waals surface area contributed by atoms with Crippen molar-refractivity contribution >= 4 is 17.2 Å². The van der Waals surface area contributed by atoms with Crippen molar-refractivity contribution in [3.8, 4) is 0 Å². The average Bonchev–Trinajstić information content (AvgIpc) is 3.03. The molecular formula is C34H52O10P2. The van der Waals surface area contributed by atoms with Gasteiger partial charge in [0.2, 0.25) is 0 Å². The smallest absolute Gasteiger partial charge is 0.334 e. The zero-order valence-corrected chi connectivity index (χ0v) is 29.3. The quantitative estimate of drug-likeness (QED) is 0.116. The van der Waals surface area contributed by atoms with Gasteiger partial charge in [-0.3, -0.25) is 0 Å². The Morgan fingerprint density at radius 2 is 0.891 bits per heavy atom. The van der Waals surface area contributed by atoms with E-state index in [1.165, 1.54) is 5.56 Å². The highest BCUT2D eigenvalue weighted by atomic mass is 31.2. The summed E-state index contributed by atoms with van der Waals surface area (Å²) in [6.07, 6.45) is 0. The van der Waals surface area contributed by atoms with Crippen LogP contribution < -0.4 is 0 Å². The minimum atomic E-state index is -2.61. The van der Waals surface area contributed by atoms with Gasteiger partial charge in [-0.25, -0.2) is 4.31 Å². The third kappa shape index (κ3) is 10.8. The van der Waals surface area contributed by atoms with E-state index in [1.54, 1.807) is 0 Å². The normalized spacial score (nSPS) is 14.2. The second kappa shape index (κ2) is 19.2. The van der Waals surface area contributed by atoms with E-state index >= 15 is 0 Å². The number of rotatable bonds is 13. The summed E-state index contributed by atoms with van der Waals surface area (Å²) in [6, 6.07) is 31.3. The molecule has 46 heavy (non-hydrogen) atoms. The number of aliphatic hydroxyl groups excluding tert-OH is 4. The molecule has 0 fully saturated rings. The molecule has 3 rings (SSSR count). The van der Waals surface area contributed by atoms with Gasteiger partial charge < -0.3 is 45.1 Å². The van der Waals surface area contributed by atoms with E-state index in [9.17, 15) is 5.11 Å². The lowest BCUT2D eigenvalue weighted by Crippen LogP contribution is -2.57. The van der Waals surface area contributed by atoms with Crippen LogP contribution in [0.25, 0.3) is 0 Å². The molecule has 9 N–H and O–H groups in total. The van der Waals surface area contributed by atoms with Crippen molar-refractivity contribution in [3.63, 3.8) is 0 Å². The highest BCUT2D eigenvalue weighted by Gasteiger charge is 2.57. The summed E-state index contributed by atoms with van der Waals surface area (Å²) in [4.78, 5) is 31.3. The predicted molar refractivity (Wildman–Crippen MR) is 182 cm³/mol. The predicted octanol–water partition coefficient (Wildman–Crippen LogP) is 4.47. The van der Waals surface area contributed by atoms with Crippen molar-refractivity contribution in [2.75, 3.05) is 26.4 Å². The Labute approximate surface area is 275 Å². The maximum absolute atomic E-state index is 12.9. The fourth-order valence-corrected chi connectivity index (χ4v) is 6.47. The van der Waals surface area contributed by atoms with E-state index in [1.807, 2.05) is 24.3 Å². The van der Waals surface area contributed by atoms with E-state index in [0.29, 0.717) is 0 Å². The molecule has 3 aromatic rings. The topological polar surface area (TPSA) is 191 Å². The number of benzene rings is 3. The van der Waals surface area contributed by atoms with Gasteiger partial charge in [0, 0.05) is 11.3 Å². The fraction of sp³-hybridized carbons (Fsp3) is 0.471. The summed E-state index contributed by atoms with van der Waals surface area (Å²) in [5.74, 6) is 0.235. The molecule has 258 valence electrons. The molecule has 3 aromatic carbocycles. The molecule has 2 atom stereocenters. The van der Waals surface area contributed by atoms with Crippen LogP contribution in [0.5, 0.6) is 0 Å². The molecule has 0 saturated heterocycles. The van der Waals surface area contributed by atoms with Gasteiger partial charge in [-0.05, 0) is 28.0 Å². The van der Waals surface area contributed by atoms with Crippen LogP contribution in [0.2, 0.25) is 0 Å². The molecule has 0 heterocycles. The molecule has 12 heteroatoms. The molecule has 0 radical (unpaired) electrons. The number of aliphatic hydroxyl groups is 5. The van der Waals surface area contributed by atoms with Crippen LogP contribution in [0.15, 0.2) is 91.0 Å². The molecular weight excluding hydrogens is 630 g/mol. The lowest BCUT2D eigenvalue weighted by atomic mass is 9.52. The molecule has 0 saturated carbocycles. The van der Waals surface area contributed by atoms with Gasteiger partial charge in [-0.15, -0.1) is 0 Å². The summed E-state index contributed by atoms with van der Waals surface area (Å²) < 4.78 is 3.60. The van der Waals surface area contributed by atoms with Crippen LogP contribution in [0, 0.1) is 17.3 Å². The van der Waals surface area contributed by atoms with Gasteiger partial charge in [-0.1, -0.05) is 133 Å². The standard InChI is InChI=1S/C29H36O.C5H12O4.H4O5P2/c1-22(2)26(27(3,4)23-16-10-7-11-17-23)29(30,25-20-14-9-15-21-25)28(5,6)24-18-12-8-13-19-24;6-1-5(2-7,3-8)4-9;1-6(2)5-7(3)4/h7-22,26,30H,1-6H3;6-9H,1-4H2;1-4H. The summed E-state index contributed by atoms with van der Waals surface area (Å²) in [7, 11) is -5.22. The summed E-state index contributed by atoms with van der Waals surface area (Å²) in [6.45, 7) is 11.8. The summed E-state index contributed by atoms with van der Waals surface area (Å²) >= 11 is 0. The first kappa shape index (κ1) is 42.1. The number of hydrogen-bond donors (Lipinski definition) is 9. The Morgan fingerprint density at radius 1 is 0.565 bits per heavy atom. The zero-order valence-electron chi connectivity index (χ0n) is 27.5. The van der Waals surface area contributed by atoms with Gasteiger partial charge in [0.1, 0.15) is 5.60 Å². The molecule has 0 bridgehead atoms. The van der Waals surface area contributed by atoms with Gasteiger partial charge in [0.15, 0.2) is 0 Å². The van der Waals surface area contributed by atoms with Gasteiger partial charge >= 0.3 is 17.2 Å². The minimum Gasteiger partial charge on any atom is -0.396 e. The van der Waals surface area contributed by atoms with Crippen molar-refractivity contribution in [3.05, 3.63) is 108 Å². The Hall–Kier alpha value is -1.88. The third-order valence-electron chi connectivity index (χ3n) is 8.56. The van der Waals surface area contributed by atoms with Crippen molar-refractivity contribution in [1.29, 1.82) is 0 Å². The second-order valence-corrected chi connectivity index (χ2v) is 14.3. The van der Waals surface area contributed by atoms with Gasteiger partial charge in [-0.2, -0.15) is 0 Å². The highest BCUT2D eigenvalue weighted by molar-refractivity contribution is 7.53. The molecule has 0 aliphatic carbocycles. The van der Waals surface area contributed by atoms with Crippen LogP contribution in [-0.4, -0.2) is 71.5 Å². The van der Waals surface area contributed by atoms with Crippen LogP contribution in [0.3, 0.4) is 0 Å². The first-order valence-corrected chi connectivity index (χ1v) is 17.2. The Balaban J connectivity index is 0.000000545. The molecule has 0 aliphatic heterocycles. The number of hydrogen-bond acceptors (Lipinski definition) is 10. The van der Waals surface area contributed by atoms with Crippen molar-refractivity contribution < 1.29 is 49.4 Å². The average molecular weight is 683 g/mol. The van der Waals surface area contributed by atoms with Gasteiger partial charge in [0.05, 0.1) is 31.8 Å². The fourth-order valence-electron chi connectivity index (χ4n) is 5.95. The van der Waals surface area contributed by atoms with Gasteiger partial charge in [0.25, 0.3) is 0 Å². The Morgan fingerprint density at radius 3 is 1.15 bits per heavy atom. The van der Waals surface area contributed by atoms with Crippen molar-refractivity contribution in [2.24, 2.45) is 17.3 Å². The van der Waals surface area contributed by atoms with Crippen LogP contribution in [-0.2, 0) is 20.7 Å². The molecule has 2 unspecified atom stereocenters.